The molecule has 0 unspecified atom stereocenters. The molecule has 0 fully saturated rings. The third-order valence-electron chi connectivity index (χ3n) is 25.2. The van der Waals surface area contributed by atoms with E-state index in [1.54, 1.807) is 11.3 Å². The van der Waals surface area contributed by atoms with Gasteiger partial charge in [0.2, 0.25) is 5.71 Å². The van der Waals surface area contributed by atoms with Crippen LogP contribution in [0.2, 0.25) is 0 Å². The minimum atomic E-state index is -0.233. The molecule has 0 aliphatic heterocycles. The van der Waals surface area contributed by atoms with Crippen molar-refractivity contribution in [3.63, 3.8) is 0 Å². The van der Waals surface area contributed by atoms with E-state index in [0.717, 1.165) is 93.9 Å². The van der Waals surface area contributed by atoms with Crippen molar-refractivity contribution >= 4 is 53.7 Å². The number of hydrogen-bond acceptors (Lipinski definition) is 6. The summed E-state index contributed by atoms with van der Waals surface area (Å²) in [6, 6.07) is 112. The van der Waals surface area contributed by atoms with Crippen molar-refractivity contribution in [1.29, 1.82) is 0 Å². The Kier molecular flexibility index (Phi) is 13.7. The standard InChI is InChI=1S/C104H74N4OS/c1-101(2)83-29-15-12-26-73(83)79-55-88-80(56-87(79)101)74-47-44-68(52-84(74)102(88,3)4)61-36-32-59(33-37-61)66-22-18-24-71(50-66)97-105-95(93-77-27-13-16-30-91(77)109-99(93)107-97)65-42-40-63(41-43-65)70-46-49-76-82-58-89-81(57-90(82)104(7,8)86(76)54-70)75-48-45-69(53-85(75)103(89,5)6)62-38-34-60(35-39-62)67-23-19-25-72(51-67)98-106-96(64-20-10-9-11-21-64)94-78-28-14-17-31-92(78)110-100(94)108-98/h9-58H,1-8H3. The maximum atomic E-state index is 6.60. The van der Waals surface area contributed by atoms with Gasteiger partial charge in [0.25, 0.3) is 0 Å². The van der Waals surface area contributed by atoms with E-state index in [0.29, 0.717) is 11.5 Å². The summed E-state index contributed by atoms with van der Waals surface area (Å²) >= 11 is 1.73. The van der Waals surface area contributed by atoms with E-state index in [2.05, 4.69) is 347 Å². The normalized spacial score (nSPS) is 14.7. The van der Waals surface area contributed by atoms with Gasteiger partial charge in [0, 0.05) is 64.8 Å². The van der Waals surface area contributed by atoms with Gasteiger partial charge in [0.05, 0.1) is 16.8 Å². The second kappa shape index (κ2) is 23.4. The van der Waals surface area contributed by atoms with E-state index in [-0.39, 0.29) is 21.7 Å². The number of para-hydroxylation sites is 1. The fourth-order valence-electron chi connectivity index (χ4n) is 19.2. The summed E-state index contributed by atoms with van der Waals surface area (Å²) < 4.78 is 7.81. The largest absolute Gasteiger partial charge is 0.438 e. The molecule has 0 spiro atoms. The topological polar surface area (TPSA) is 64.7 Å². The molecule has 4 heterocycles. The molecule has 4 aliphatic rings. The highest BCUT2D eigenvalue weighted by Crippen LogP contribution is 2.59. The summed E-state index contributed by atoms with van der Waals surface area (Å²) in [7, 11) is 0. The zero-order valence-electron chi connectivity index (χ0n) is 62.5. The first-order valence-corrected chi connectivity index (χ1v) is 39.2. The van der Waals surface area contributed by atoms with Crippen molar-refractivity contribution < 1.29 is 4.42 Å². The smallest absolute Gasteiger partial charge is 0.231 e. The van der Waals surface area contributed by atoms with Crippen LogP contribution in [0.15, 0.2) is 308 Å². The quantitative estimate of drug-likeness (QED) is 0.144. The molecule has 5 nitrogen and oxygen atoms in total. The van der Waals surface area contributed by atoms with Crippen LogP contribution < -0.4 is 0 Å². The predicted octanol–water partition coefficient (Wildman–Crippen LogP) is 27.8. The fraction of sp³-hybridized carbons (Fsp3) is 0.115. The average molecular weight is 1430 g/mol. The highest BCUT2D eigenvalue weighted by molar-refractivity contribution is 7.25. The monoisotopic (exact) mass is 1430 g/mol. The Labute approximate surface area is 644 Å². The van der Waals surface area contributed by atoms with Crippen LogP contribution in [0.25, 0.3) is 188 Å². The predicted molar refractivity (Wildman–Crippen MR) is 457 cm³/mol. The molecular formula is C104H74N4OS. The van der Waals surface area contributed by atoms with Gasteiger partial charge in [-0.3, -0.25) is 0 Å². The Morgan fingerprint density at radius 3 is 1.08 bits per heavy atom. The molecular weight excluding hydrogens is 1350 g/mol. The van der Waals surface area contributed by atoms with Crippen LogP contribution in [-0.4, -0.2) is 19.9 Å². The molecule has 4 aliphatic carbocycles. The van der Waals surface area contributed by atoms with Crippen LogP contribution in [0.4, 0.5) is 0 Å². The van der Waals surface area contributed by atoms with Crippen LogP contribution >= 0.6 is 11.3 Å². The molecule has 6 heteroatoms. The molecule has 522 valence electrons. The minimum Gasteiger partial charge on any atom is -0.438 e. The molecule has 0 atom stereocenters. The first kappa shape index (κ1) is 64.4. The summed E-state index contributed by atoms with van der Waals surface area (Å²) in [6.07, 6.45) is 0. The lowest BCUT2D eigenvalue weighted by Gasteiger charge is -2.24. The van der Waals surface area contributed by atoms with E-state index in [1.807, 2.05) is 12.1 Å². The number of rotatable bonds is 9. The Bertz CT molecular complexity index is 6990. The zero-order valence-corrected chi connectivity index (χ0v) is 63.3. The summed E-state index contributed by atoms with van der Waals surface area (Å²) in [5, 5.41) is 4.21. The van der Waals surface area contributed by atoms with Crippen LogP contribution in [0.3, 0.4) is 0 Å². The van der Waals surface area contributed by atoms with E-state index >= 15 is 0 Å². The van der Waals surface area contributed by atoms with Crippen LogP contribution in [0.5, 0.6) is 0 Å². The lowest BCUT2D eigenvalue weighted by Crippen LogP contribution is -2.17. The van der Waals surface area contributed by atoms with Crippen molar-refractivity contribution in [2.75, 3.05) is 0 Å². The van der Waals surface area contributed by atoms with Crippen molar-refractivity contribution in [3.05, 3.63) is 348 Å². The molecule has 0 saturated heterocycles. The van der Waals surface area contributed by atoms with Gasteiger partial charge < -0.3 is 4.42 Å². The molecule has 0 radical (unpaired) electrons. The molecule has 0 amide bonds. The molecule has 0 saturated carbocycles. The minimum absolute atomic E-state index is 0.0474. The van der Waals surface area contributed by atoms with Gasteiger partial charge in [-0.1, -0.05) is 292 Å². The molecule has 0 N–H and O–H groups in total. The Hall–Kier alpha value is -12.7. The summed E-state index contributed by atoms with van der Waals surface area (Å²) in [6.45, 7) is 19.1. The lowest BCUT2D eigenvalue weighted by molar-refractivity contribution is 0.652. The van der Waals surface area contributed by atoms with Gasteiger partial charge in [-0.15, -0.1) is 11.3 Å². The number of fused-ring (bicyclic) bond motifs is 18. The molecule has 4 aromatic heterocycles. The second-order valence-electron chi connectivity index (χ2n) is 32.8. The summed E-state index contributed by atoms with van der Waals surface area (Å²) in [5.74, 6) is 1.35. The maximum absolute atomic E-state index is 6.60. The van der Waals surface area contributed by atoms with Crippen molar-refractivity contribution in [3.8, 4) is 145 Å². The number of benzene rings is 14. The maximum Gasteiger partial charge on any atom is 0.231 e. The average Bonchev–Trinajstić information content (AvgIpc) is 1.54. The van der Waals surface area contributed by atoms with Crippen LogP contribution in [0.1, 0.15) is 99.9 Å². The summed E-state index contributed by atoms with van der Waals surface area (Å²) in [5.41, 5.74) is 40.0. The lowest BCUT2D eigenvalue weighted by atomic mass is 9.79. The van der Waals surface area contributed by atoms with Gasteiger partial charge in [0.15, 0.2) is 11.6 Å². The van der Waals surface area contributed by atoms with Gasteiger partial charge >= 0.3 is 0 Å². The Morgan fingerprint density at radius 1 is 0.236 bits per heavy atom. The zero-order chi connectivity index (χ0) is 73.8. The highest BCUT2D eigenvalue weighted by Gasteiger charge is 2.44. The van der Waals surface area contributed by atoms with Gasteiger partial charge in [0.1, 0.15) is 10.4 Å². The second-order valence-corrected chi connectivity index (χ2v) is 33.9. The number of nitrogens with zero attached hydrogens (tertiary/aromatic N) is 4. The summed E-state index contributed by atoms with van der Waals surface area (Å²) in [4.78, 5) is 22.2. The van der Waals surface area contributed by atoms with E-state index < -0.39 is 0 Å². The SMILES string of the molecule is CC1(C)c2ccccc2-c2cc3c(cc21)-c1ccc(-c2ccc(-c4cccc(-c5nc(-c6ccc(-c7ccc8c(c7)C(C)(C)c7cc9c(cc7-8)C(C)(C)c7cc(-c8ccc(-c%10cccc(-c%11nc(-c%12ccccc%12)c%12c(n%11)sc%11ccccc%11%12)c%10)cc8)ccc7-9)cc6)c6c(n5)oc5ccccc56)c4)cc2)cc1C3(C)C. The van der Waals surface area contributed by atoms with Crippen LogP contribution in [-0.2, 0) is 21.7 Å². The van der Waals surface area contributed by atoms with E-state index in [1.165, 1.54) is 127 Å². The number of hydrogen-bond donors (Lipinski definition) is 0. The number of aromatic nitrogens is 4. The van der Waals surface area contributed by atoms with Gasteiger partial charge in [-0.05, 0) is 211 Å². The molecule has 110 heavy (non-hydrogen) atoms. The van der Waals surface area contributed by atoms with Crippen molar-refractivity contribution in [2.45, 2.75) is 77.0 Å². The van der Waals surface area contributed by atoms with Crippen LogP contribution in [0, 0.1) is 0 Å². The Morgan fingerprint density at radius 2 is 0.582 bits per heavy atom. The third kappa shape index (κ3) is 9.58. The van der Waals surface area contributed by atoms with Gasteiger partial charge in [-0.25, -0.2) is 15.0 Å². The third-order valence-corrected chi connectivity index (χ3v) is 26.3. The molecule has 14 aromatic carbocycles. The Balaban J connectivity index is 0.523. The fourth-order valence-corrected chi connectivity index (χ4v) is 20.2. The molecule has 22 rings (SSSR count). The number of thiophene rings is 1. The highest BCUT2D eigenvalue weighted by atomic mass is 32.1. The van der Waals surface area contributed by atoms with E-state index in [9.17, 15) is 0 Å². The molecule has 0 bridgehead atoms. The van der Waals surface area contributed by atoms with Crippen molar-refractivity contribution in [1.82, 2.24) is 19.9 Å². The van der Waals surface area contributed by atoms with Gasteiger partial charge in [-0.2, -0.15) is 4.98 Å². The van der Waals surface area contributed by atoms with Crippen molar-refractivity contribution in [2.24, 2.45) is 0 Å². The first-order valence-electron chi connectivity index (χ1n) is 38.4. The number of furan rings is 1. The first-order chi connectivity index (χ1) is 53.5. The molecule has 18 aromatic rings. The van der Waals surface area contributed by atoms with E-state index in [4.69, 9.17) is 24.4 Å².